The summed E-state index contributed by atoms with van der Waals surface area (Å²) in [5.74, 6) is -5.08. The Bertz CT molecular complexity index is 1900. The highest BCUT2D eigenvalue weighted by Gasteiger charge is 2.59. The number of carbonyl (C=O) groups is 6. The van der Waals surface area contributed by atoms with Gasteiger partial charge in [0.15, 0.2) is 34.2 Å². The van der Waals surface area contributed by atoms with E-state index in [-0.39, 0.29) is 48.7 Å². The summed E-state index contributed by atoms with van der Waals surface area (Å²) in [6.07, 6.45) is -2.19. The van der Waals surface area contributed by atoms with Crippen LogP contribution in [-0.4, -0.2) is 114 Å². The molecule has 0 amide bonds. The van der Waals surface area contributed by atoms with E-state index < -0.39 is 83.6 Å². The molecule has 2 aromatic carbocycles. The summed E-state index contributed by atoms with van der Waals surface area (Å²) in [6.45, 7) is 2.38. The van der Waals surface area contributed by atoms with Crippen molar-refractivity contribution in [1.82, 2.24) is 0 Å². The van der Waals surface area contributed by atoms with Gasteiger partial charge in [0.1, 0.15) is 36.6 Å². The van der Waals surface area contributed by atoms with Crippen molar-refractivity contribution in [3.8, 4) is 23.0 Å². The first-order chi connectivity index (χ1) is 25.4. The molecule has 4 fully saturated rings. The fourth-order valence-corrected chi connectivity index (χ4v) is 6.18. The van der Waals surface area contributed by atoms with Gasteiger partial charge in [-0.2, -0.15) is 0 Å². The van der Waals surface area contributed by atoms with Gasteiger partial charge in [-0.15, -0.1) is 0 Å². The van der Waals surface area contributed by atoms with E-state index in [1.165, 1.54) is 62.4 Å². The number of hydrogen-bond donors (Lipinski definition) is 6. The van der Waals surface area contributed by atoms with Crippen molar-refractivity contribution in [3.63, 3.8) is 0 Å². The van der Waals surface area contributed by atoms with Crippen LogP contribution in [0.1, 0.15) is 50.7 Å². The van der Waals surface area contributed by atoms with Crippen LogP contribution in [0.3, 0.4) is 0 Å². The fourth-order valence-electron chi connectivity index (χ4n) is 6.18. The van der Waals surface area contributed by atoms with E-state index >= 15 is 0 Å². The molecule has 0 aromatic heterocycles. The van der Waals surface area contributed by atoms with E-state index in [2.05, 4.69) is 0 Å². The average Bonchev–Trinajstić information content (AvgIpc) is 3.50. The Labute approximate surface area is 305 Å². The summed E-state index contributed by atoms with van der Waals surface area (Å²) < 4.78 is 30.0. The second-order valence-corrected chi connectivity index (χ2v) is 13.0. The van der Waals surface area contributed by atoms with Crippen LogP contribution in [0.15, 0.2) is 48.6 Å². The number of phenolic OH excluding ortho intramolecular Hbond substituents is 2. The Morgan fingerprint density at radius 1 is 0.667 bits per heavy atom. The second kappa shape index (κ2) is 15.7. The molecule has 6 N–H and O–H groups in total. The Hall–Kier alpha value is -5.82. The van der Waals surface area contributed by atoms with Gasteiger partial charge in [0.05, 0.1) is 0 Å². The summed E-state index contributed by atoms with van der Waals surface area (Å²) in [5.41, 5.74) is -2.63. The molecule has 4 aliphatic rings. The smallest absolute Gasteiger partial charge is 0.338 e. The van der Waals surface area contributed by atoms with Crippen molar-refractivity contribution < 1.29 is 87.8 Å². The van der Waals surface area contributed by atoms with Gasteiger partial charge in [0.25, 0.3) is 0 Å². The van der Waals surface area contributed by atoms with E-state index in [0.29, 0.717) is 11.1 Å². The van der Waals surface area contributed by atoms with Crippen LogP contribution in [0.2, 0.25) is 0 Å². The predicted molar refractivity (Wildman–Crippen MR) is 177 cm³/mol. The third-order valence-electron chi connectivity index (χ3n) is 8.79. The molecule has 2 aromatic rings. The zero-order chi connectivity index (χ0) is 39.5. The number of benzene rings is 2. The highest BCUT2D eigenvalue weighted by molar-refractivity contribution is 5.89. The van der Waals surface area contributed by atoms with E-state index in [1.807, 2.05) is 0 Å². The average molecular weight is 757 g/mol. The standard InChI is InChI=1S/C20H20O10.C16H16O8/c1-10(21)27-13-5-3-12(7-14(13)28-11(2)22)4-6-17(23)29-15-8-20(26)9-16(18(15)24)30-19(20)25;17-9-3-1-8(5-10(9)18)2-4-13(19)23-11-6-16(22)7-12(14(11)20)24-15(16)21/h3-7,15-16,18,24,26H,8-9H2,1-2H3;1-5,11-12,14,17-18,20,22H,6-7H2/b6-4+;4-2+/t15-,16-,18-,20+;11-,12-,14-,16+/m11/s1. The van der Waals surface area contributed by atoms with E-state index in [9.17, 15) is 59.4 Å². The van der Waals surface area contributed by atoms with Crippen LogP contribution in [0.25, 0.3) is 12.2 Å². The Balaban J connectivity index is 0.000000213. The van der Waals surface area contributed by atoms with Crippen molar-refractivity contribution in [2.75, 3.05) is 0 Å². The van der Waals surface area contributed by atoms with Gasteiger partial charge < -0.3 is 59.1 Å². The van der Waals surface area contributed by atoms with Crippen LogP contribution in [0.5, 0.6) is 23.0 Å². The monoisotopic (exact) mass is 756 g/mol. The molecule has 18 heteroatoms. The first kappa shape index (κ1) is 39.4. The van der Waals surface area contributed by atoms with Gasteiger partial charge >= 0.3 is 35.8 Å². The van der Waals surface area contributed by atoms with Crippen LogP contribution in [-0.2, 0) is 47.7 Å². The number of aliphatic hydroxyl groups is 4. The lowest BCUT2D eigenvalue weighted by molar-refractivity contribution is -0.162. The minimum absolute atomic E-state index is 0.00891. The minimum atomic E-state index is -1.77. The molecule has 2 aliphatic carbocycles. The number of fused-ring (bicyclic) bond motifs is 4. The third-order valence-corrected chi connectivity index (χ3v) is 8.79. The first-order valence-corrected chi connectivity index (χ1v) is 16.4. The number of carbonyl (C=O) groups excluding carboxylic acids is 6. The second-order valence-electron chi connectivity index (χ2n) is 13.0. The van der Waals surface area contributed by atoms with Gasteiger partial charge in [-0.25, -0.2) is 19.2 Å². The number of aromatic hydroxyl groups is 2. The van der Waals surface area contributed by atoms with Gasteiger partial charge in [-0.3, -0.25) is 9.59 Å². The highest BCUT2D eigenvalue weighted by atomic mass is 16.6. The maximum Gasteiger partial charge on any atom is 0.338 e. The topological polar surface area (TPSA) is 279 Å². The molecule has 2 aliphatic heterocycles. The van der Waals surface area contributed by atoms with E-state index in [0.717, 1.165) is 12.2 Å². The molecular weight excluding hydrogens is 720 g/mol. The molecule has 2 heterocycles. The van der Waals surface area contributed by atoms with Gasteiger partial charge in [-0.05, 0) is 47.5 Å². The molecule has 0 radical (unpaired) electrons. The third kappa shape index (κ3) is 9.03. The van der Waals surface area contributed by atoms with Crippen LogP contribution in [0, 0.1) is 0 Å². The van der Waals surface area contributed by atoms with E-state index in [1.54, 1.807) is 0 Å². The lowest BCUT2D eigenvalue weighted by atomic mass is 9.82. The zero-order valence-electron chi connectivity index (χ0n) is 28.6. The van der Waals surface area contributed by atoms with Crippen molar-refractivity contribution in [1.29, 1.82) is 0 Å². The quantitative estimate of drug-likeness (QED) is 0.0685. The SMILES string of the molecule is CC(=O)Oc1ccc(/C=C/C(=O)O[C@@H]2C[C@]3(O)C[C@@H](OC3=O)[C@@H]2O)cc1OC(C)=O.O=C(/C=C/c1ccc(O)c(O)c1)O[C@@H]1C[C@]2(O)C[C@@H](OC2=O)[C@@H]1O. The molecule has 8 atom stereocenters. The predicted octanol–water partition coefficient (Wildman–Crippen LogP) is 0.107. The maximum absolute atomic E-state index is 12.1. The summed E-state index contributed by atoms with van der Waals surface area (Å²) >= 11 is 0. The Morgan fingerprint density at radius 2 is 1.11 bits per heavy atom. The summed E-state index contributed by atoms with van der Waals surface area (Å²) in [4.78, 5) is 69.6. The van der Waals surface area contributed by atoms with Crippen molar-refractivity contribution in [2.45, 2.75) is 87.4 Å². The Kier molecular flexibility index (Phi) is 11.4. The number of esters is 6. The molecular formula is C36H36O18. The maximum atomic E-state index is 12.1. The molecule has 0 spiro atoms. The largest absolute Gasteiger partial charge is 0.504 e. The van der Waals surface area contributed by atoms with E-state index in [4.69, 9.17) is 28.4 Å². The van der Waals surface area contributed by atoms with Crippen molar-refractivity contribution in [2.24, 2.45) is 0 Å². The number of phenols is 2. The van der Waals surface area contributed by atoms with Crippen molar-refractivity contribution >= 4 is 48.0 Å². The van der Waals surface area contributed by atoms with Crippen molar-refractivity contribution in [3.05, 3.63) is 59.7 Å². The molecule has 288 valence electrons. The van der Waals surface area contributed by atoms with Gasteiger partial charge in [0, 0.05) is 51.7 Å². The molecule has 0 unspecified atom stereocenters. The molecule has 18 nitrogen and oxygen atoms in total. The van der Waals surface area contributed by atoms with Crippen LogP contribution < -0.4 is 9.47 Å². The summed E-state index contributed by atoms with van der Waals surface area (Å²) in [7, 11) is 0. The number of ether oxygens (including phenoxy) is 6. The summed E-state index contributed by atoms with van der Waals surface area (Å²) in [5, 5.41) is 59.1. The lowest BCUT2D eigenvalue weighted by Gasteiger charge is -2.32. The van der Waals surface area contributed by atoms with Gasteiger partial charge in [0.2, 0.25) is 0 Å². The minimum Gasteiger partial charge on any atom is -0.504 e. The zero-order valence-corrected chi connectivity index (χ0v) is 28.6. The summed E-state index contributed by atoms with van der Waals surface area (Å²) in [6, 6.07) is 8.29. The molecule has 54 heavy (non-hydrogen) atoms. The number of hydrogen-bond acceptors (Lipinski definition) is 18. The van der Waals surface area contributed by atoms with Crippen LogP contribution >= 0.6 is 0 Å². The van der Waals surface area contributed by atoms with Crippen LogP contribution in [0.4, 0.5) is 0 Å². The molecule has 4 bridgehead atoms. The highest BCUT2D eigenvalue weighted by Crippen LogP contribution is 2.40. The fraction of sp³-hybridized carbons (Fsp3) is 0.389. The number of aliphatic hydroxyl groups excluding tert-OH is 2. The number of rotatable bonds is 8. The molecule has 2 saturated heterocycles. The Morgan fingerprint density at radius 3 is 1.57 bits per heavy atom. The lowest BCUT2D eigenvalue weighted by Crippen LogP contribution is -2.50. The van der Waals surface area contributed by atoms with Gasteiger partial charge in [-0.1, -0.05) is 12.1 Å². The normalized spacial score (nSPS) is 29.4. The molecule has 2 saturated carbocycles. The first-order valence-electron chi connectivity index (χ1n) is 16.4. The molecule has 6 rings (SSSR count).